The highest BCUT2D eigenvalue weighted by atomic mass is 32.1. The summed E-state index contributed by atoms with van der Waals surface area (Å²) < 4.78 is 59.5. The van der Waals surface area contributed by atoms with Crippen LogP contribution in [-0.2, 0) is 11.0 Å². The summed E-state index contributed by atoms with van der Waals surface area (Å²) in [6.07, 6.45) is -0.690. The quantitative estimate of drug-likeness (QED) is 0.225. The topological polar surface area (TPSA) is 53.6 Å². The van der Waals surface area contributed by atoms with Gasteiger partial charge in [-0.15, -0.1) is 11.3 Å². The highest BCUT2D eigenvalue weighted by Crippen LogP contribution is 2.40. The zero-order chi connectivity index (χ0) is 28.5. The zero-order valence-electron chi connectivity index (χ0n) is 23.0. The molecule has 0 radical (unpaired) electrons. The maximum atomic E-state index is 13.6. The fourth-order valence-electron chi connectivity index (χ4n) is 5.25. The minimum atomic E-state index is -4.34. The Bertz CT molecular complexity index is 1480. The molecule has 0 bridgehead atoms. The molecule has 0 amide bonds. The van der Waals surface area contributed by atoms with E-state index in [-0.39, 0.29) is 12.1 Å². The summed E-state index contributed by atoms with van der Waals surface area (Å²) in [6.45, 7) is 5.74. The Hall–Kier alpha value is -2.66. The van der Waals surface area contributed by atoms with Crippen LogP contribution in [0.4, 0.5) is 24.5 Å². The second-order valence-corrected chi connectivity index (χ2v) is 15.2. The number of likely N-dealkylation sites (tertiary alicyclic amines) is 1. The number of alkyl halides is 3. The lowest BCUT2D eigenvalue weighted by atomic mass is 10.0. The van der Waals surface area contributed by atoms with Crippen LogP contribution in [0.25, 0.3) is 10.1 Å². The number of hydrogen-bond donors (Lipinski definition) is 2. The van der Waals surface area contributed by atoms with E-state index in [9.17, 15) is 17.7 Å². The molecule has 214 valence electrons. The summed E-state index contributed by atoms with van der Waals surface area (Å²) in [5, 5.41) is 8.13. The molecule has 0 unspecified atom stereocenters. The van der Waals surface area contributed by atoms with Gasteiger partial charge in [0.2, 0.25) is 0 Å². The van der Waals surface area contributed by atoms with Gasteiger partial charge in [0, 0.05) is 30.5 Å². The molecule has 2 aromatic carbocycles. The van der Waals surface area contributed by atoms with Crippen LogP contribution in [0.2, 0.25) is 0 Å². The molecule has 0 atom stereocenters. The van der Waals surface area contributed by atoms with Gasteiger partial charge >= 0.3 is 6.18 Å². The molecule has 10 heteroatoms. The van der Waals surface area contributed by atoms with Crippen LogP contribution in [0.1, 0.15) is 36.1 Å². The average Bonchev–Trinajstić information content (AvgIpc) is 3.69. The van der Waals surface area contributed by atoms with Crippen molar-refractivity contribution in [2.24, 2.45) is 0 Å². The van der Waals surface area contributed by atoms with Crippen LogP contribution in [0.3, 0.4) is 0 Å². The fourth-order valence-corrected chi connectivity index (χ4v) is 7.29. The minimum absolute atomic E-state index is 0.218. The molecule has 2 heterocycles. The van der Waals surface area contributed by atoms with E-state index >= 15 is 0 Å². The molecule has 1 aromatic heterocycles. The number of benzene rings is 2. The summed E-state index contributed by atoms with van der Waals surface area (Å²) in [4.78, 5) is 3.00. The van der Waals surface area contributed by atoms with Crippen LogP contribution in [0.5, 0.6) is 5.75 Å². The van der Waals surface area contributed by atoms with E-state index in [4.69, 9.17) is 4.74 Å². The number of ether oxygens (including phenoxy) is 1. The molecule has 40 heavy (non-hydrogen) atoms. The van der Waals surface area contributed by atoms with Crippen molar-refractivity contribution >= 4 is 45.2 Å². The number of thiophene rings is 1. The number of fused-ring (bicyclic) bond motifs is 1. The van der Waals surface area contributed by atoms with Gasteiger partial charge in [0.1, 0.15) is 12.9 Å². The SMILES string of the molecule is COc1cc(P(C)(C)=O)ccc1NCC#Cc1sc2c(NC3CCN(C4CC4)CC3)cccc2c1CC(F)(F)F. The molecule has 5 rings (SSSR count). The van der Waals surface area contributed by atoms with Gasteiger partial charge in [0.25, 0.3) is 0 Å². The number of hydrogen-bond acceptors (Lipinski definition) is 6. The summed E-state index contributed by atoms with van der Waals surface area (Å²) in [7, 11) is -0.905. The van der Waals surface area contributed by atoms with Gasteiger partial charge in [0.15, 0.2) is 0 Å². The highest BCUT2D eigenvalue weighted by Gasteiger charge is 2.33. The first-order chi connectivity index (χ1) is 19.0. The Balaban J connectivity index is 1.35. The first-order valence-electron chi connectivity index (χ1n) is 13.6. The summed E-state index contributed by atoms with van der Waals surface area (Å²) in [6, 6.07) is 11.9. The molecule has 2 aliphatic rings. The van der Waals surface area contributed by atoms with Crippen molar-refractivity contribution < 1.29 is 22.5 Å². The van der Waals surface area contributed by atoms with E-state index in [1.807, 2.05) is 12.1 Å². The number of nitrogens with one attached hydrogen (secondary N) is 2. The van der Waals surface area contributed by atoms with E-state index in [0.717, 1.165) is 42.4 Å². The molecular formula is C30H35F3N3O2PS. The van der Waals surface area contributed by atoms with Crippen molar-refractivity contribution in [3.63, 3.8) is 0 Å². The van der Waals surface area contributed by atoms with Crippen LogP contribution in [0, 0.1) is 11.8 Å². The Morgan fingerprint density at radius 2 is 1.85 bits per heavy atom. The Labute approximate surface area is 237 Å². The molecule has 3 aromatic rings. The smallest absolute Gasteiger partial charge is 0.393 e. The van der Waals surface area contributed by atoms with Crippen molar-refractivity contribution in [1.82, 2.24) is 4.90 Å². The second kappa shape index (κ2) is 11.7. The van der Waals surface area contributed by atoms with Crippen molar-refractivity contribution in [3.05, 3.63) is 46.8 Å². The van der Waals surface area contributed by atoms with E-state index in [1.54, 1.807) is 37.6 Å². The maximum Gasteiger partial charge on any atom is 0.393 e. The zero-order valence-corrected chi connectivity index (χ0v) is 24.7. The fraction of sp³-hybridized carbons (Fsp3) is 0.467. The van der Waals surface area contributed by atoms with E-state index in [2.05, 4.69) is 27.4 Å². The lowest BCUT2D eigenvalue weighted by molar-refractivity contribution is -0.126. The van der Waals surface area contributed by atoms with Crippen LogP contribution in [0.15, 0.2) is 36.4 Å². The molecule has 5 nitrogen and oxygen atoms in total. The van der Waals surface area contributed by atoms with Gasteiger partial charge in [-0.2, -0.15) is 13.2 Å². The Kier molecular flexibility index (Phi) is 8.42. The normalized spacial score (nSPS) is 16.9. The summed E-state index contributed by atoms with van der Waals surface area (Å²) in [5.41, 5.74) is 1.80. The molecule has 2 N–H and O–H groups in total. The molecule has 0 spiro atoms. The van der Waals surface area contributed by atoms with Gasteiger partial charge in [-0.3, -0.25) is 0 Å². The monoisotopic (exact) mass is 589 g/mol. The van der Waals surface area contributed by atoms with E-state index < -0.39 is 19.7 Å². The average molecular weight is 590 g/mol. The second-order valence-electron chi connectivity index (χ2n) is 11.0. The minimum Gasteiger partial charge on any atom is -0.495 e. The largest absolute Gasteiger partial charge is 0.495 e. The number of anilines is 2. The molecule has 1 saturated carbocycles. The standard InChI is InChI=1S/C30H35F3N3O2PS/c1-38-27-18-22(39(2,3)37)11-12-25(27)34-15-5-8-28-24(19-30(31,32)33)23-6-4-7-26(29(23)40-28)35-20-13-16-36(17-14-20)21-9-10-21/h4,6-7,11-12,18,20-21,34-35H,9-10,13-17,19H2,1-3H3. The number of piperidine rings is 1. The van der Waals surface area contributed by atoms with Crippen molar-refractivity contribution in [3.8, 4) is 17.6 Å². The number of halogens is 3. The molecule has 1 aliphatic heterocycles. The number of nitrogens with zero attached hydrogens (tertiary/aromatic N) is 1. The van der Waals surface area contributed by atoms with Gasteiger partial charge in [0.05, 0.1) is 41.0 Å². The van der Waals surface area contributed by atoms with Gasteiger partial charge in [-0.1, -0.05) is 24.0 Å². The van der Waals surface area contributed by atoms with Crippen molar-refractivity contribution in [2.45, 2.75) is 50.4 Å². The number of methoxy groups -OCH3 is 1. The third kappa shape index (κ3) is 6.97. The van der Waals surface area contributed by atoms with Crippen molar-refractivity contribution in [2.75, 3.05) is 50.7 Å². The third-order valence-corrected chi connectivity index (χ3v) is 10.2. The van der Waals surface area contributed by atoms with Gasteiger partial charge in [-0.25, -0.2) is 0 Å². The molecule has 1 aliphatic carbocycles. The number of rotatable bonds is 8. The first kappa shape index (κ1) is 28.9. The van der Waals surface area contributed by atoms with E-state index in [1.165, 1.54) is 31.3 Å². The van der Waals surface area contributed by atoms with Crippen LogP contribution >= 0.6 is 18.5 Å². The predicted octanol–water partition coefficient (Wildman–Crippen LogP) is 6.77. The summed E-state index contributed by atoms with van der Waals surface area (Å²) >= 11 is 1.32. The lowest BCUT2D eigenvalue weighted by Crippen LogP contribution is -2.40. The van der Waals surface area contributed by atoms with Gasteiger partial charge < -0.3 is 24.8 Å². The predicted molar refractivity (Wildman–Crippen MR) is 160 cm³/mol. The molecular weight excluding hydrogens is 554 g/mol. The van der Waals surface area contributed by atoms with Crippen LogP contribution < -0.4 is 20.7 Å². The van der Waals surface area contributed by atoms with Crippen molar-refractivity contribution in [1.29, 1.82) is 0 Å². The lowest BCUT2D eigenvalue weighted by Gasteiger charge is -2.33. The first-order valence-corrected chi connectivity index (χ1v) is 17.0. The summed E-state index contributed by atoms with van der Waals surface area (Å²) in [5.74, 6) is 6.56. The Morgan fingerprint density at radius 3 is 2.50 bits per heavy atom. The Morgan fingerprint density at radius 1 is 1.10 bits per heavy atom. The van der Waals surface area contributed by atoms with Crippen LogP contribution in [-0.4, -0.2) is 63.2 Å². The molecule has 2 fully saturated rings. The third-order valence-electron chi connectivity index (χ3n) is 7.52. The van der Waals surface area contributed by atoms with Gasteiger partial charge in [-0.05, 0) is 74.2 Å². The van der Waals surface area contributed by atoms with E-state index in [0.29, 0.717) is 33.0 Å². The maximum absolute atomic E-state index is 13.6. The highest BCUT2D eigenvalue weighted by molar-refractivity contribution is 7.70. The molecule has 1 saturated heterocycles.